The molecule has 4 heteroatoms. The van der Waals surface area contributed by atoms with Gasteiger partial charge in [-0.05, 0) is 19.1 Å². The molecule has 1 unspecified atom stereocenters. The van der Waals surface area contributed by atoms with Gasteiger partial charge in [-0.1, -0.05) is 30.3 Å². The molecule has 4 nitrogen and oxygen atoms in total. The second kappa shape index (κ2) is 5.51. The second-order valence-electron chi connectivity index (χ2n) is 4.09. The Kier molecular flexibility index (Phi) is 3.79. The van der Waals surface area contributed by atoms with Gasteiger partial charge in [-0.2, -0.15) is 0 Å². The molecule has 0 fully saturated rings. The Balaban J connectivity index is 2.09. The van der Waals surface area contributed by atoms with E-state index >= 15 is 0 Å². The average molecular weight is 245 g/mol. The van der Waals surface area contributed by atoms with Crippen molar-refractivity contribution in [1.29, 1.82) is 0 Å². The van der Waals surface area contributed by atoms with Gasteiger partial charge in [0.2, 0.25) is 0 Å². The molecule has 0 radical (unpaired) electrons. The van der Waals surface area contributed by atoms with Gasteiger partial charge in [-0.15, -0.1) is 0 Å². The summed E-state index contributed by atoms with van der Waals surface area (Å²) >= 11 is 0. The van der Waals surface area contributed by atoms with Crippen molar-refractivity contribution in [2.75, 3.05) is 6.54 Å². The third kappa shape index (κ3) is 2.99. The summed E-state index contributed by atoms with van der Waals surface area (Å²) in [7, 11) is 0. The van der Waals surface area contributed by atoms with E-state index in [1.54, 1.807) is 19.1 Å². The molecule has 0 aliphatic heterocycles. The third-order valence-corrected chi connectivity index (χ3v) is 2.45. The molecule has 1 aromatic carbocycles. The lowest BCUT2D eigenvalue weighted by Gasteiger charge is -2.04. The number of hydrogen-bond donors (Lipinski definition) is 2. The van der Waals surface area contributed by atoms with Crippen molar-refractivity contribution >= 4 is 5.91 Å². The first kappa shape index (κ1) is 12.4. The van der Waals surface area contributed by atoms with Crippen molar-refractivity contribution in [1.82, 2.24) is 5.32 Å². The number of hydrogen-bond acceptors (Lipinski definition) is 3. The van der Waals surface area contributed by atoms with Crippen LogP contribution in [-0.4, -0.2) is 23.7 Å². The van der Waals surface area contributed by atoms with E-state index in [1.807, 2.05) is 30.3 Å². The highest BCUT2D eigenvalue weighted by molar-refractivity contribution is 5.92. The van der Waals surface area contributed by atoms with E-state index in [4.69, 9.17) is 9.52 Å². The summed E-state index contributed by atoms with van der Waals surface area (Å²) in [4.78, 5) is 11.7. The van der Waals surface area contributed by atoms with Gasteiger partial charge in [0.15, 0.2) is 5.76 Å². The van der Waals surface area contributed by atoms with Crippen molar-refractivity contribution in [2.24, 2.45) is 0 Å². The molecule has 2 aromatic rings. The van der Waals surface area contributed by atoms with Crippen molar-refractivity contribution < 1.29 is 14.3 Å². The maximum absolute atomic E-state index is 11.7. The van der Waals surface area contributed by atoms with Crippen molar-refractivity contribution in [3.63, 3.8) is 0 Å². The number of aliphatic hydroxyl groups is 1. The molecule has 1 heterocycles. The van der Waals surface area contributed by atoms with Gasteiger partial charge in [0.1, 0.15) is 5.76 Å². The highest BCUT2D eigenvalue weighted by Crippen LogP contribution is 2.21. The topological polar surface area (TPSA) is 62.5 Å². The third-order valence-electron chi connectivity index (χ3n) is 2.45. The molecule has 0 bridgehead atoms. The molecular formula is C14H15NO3. The van der Waals surface area contributed by atoms with Crippen molar-refractivity contribution in [2.45, 2.75) is 13.0 Å². The Hall–Kier alpha value is -2.07. The number of amides is 1. The lowest BCUT2D eigenvalue weighted by molar-refractivity contribution is 0.0897. The number of rotatable bonds is 4. The van der Waals surface area contributed by atoms with Crippen LogP contribution in [0, 0.1) is 0 Å². The van der Waals surface area contributed by atoms with E-state index in [0.717, 1.165) is 5.56 Å². The summed E-state index contributed by atoms with van der Waals surface area (Å²) < 4.78 is 5.47. The van der Waals surface area contributed by atoms with E-state index in [2.05, 4.69) is 5.32 Å². The first-order valence-corrected chi connectivity index (χ1v) is 5.78. The fourth-order valence-electron chi connectivity index (χ4n) is 1.55. The zero-order valence-electron chi connectivity index (χ0n) is 10.1. The standard InChI is InChI=1S/C14H15NO3/c1-10(16)9-15-14(17)13-8-7-12(18-13)11-5-3-2-4-6-11/h2-8,10,16H,9H2,1H3,(H,15,17). The van der Waals surface area contributed by atoms with Crippen LogP contribution in [0.4, 0.5) is 0 Å². The number of aliphatic hydroxyl groups excluding tert-OH is 1. The van der Waals surface area contributed by atoms with Gasteiger partial charge in [-0.3, -0.25) is 4.79 Å². The van der Waals surface area contributed by atoms with Gasteiger partial charge in [0.05, 0.1) is 6.10 Å². The maximum atomic E-state index is 11.7. The fraction of sp³-hybridized carbons (Fsp3) is 0.214. The van der Waals surface area contributed by atoms with Crippen molar-refractivity contribution in [3.8, 4) is 11.3 Å². The highest BCUT2D eigenvalue weighted by atomic mass is 16.4. The van der Waals surface area contributed by atoms with E-state index in [1.165, 1.54) is 0 Å². The predicted molar refractivity (Wildman–Crippen MR) is 68.2 cm³/mol. The summed E-state index contributed by atoms with van der Waals surface area (Å²) in [5.41, 5.74) is 0.923. The van der Waals surface area contributed by atoms with Crippen LogP contribution in [-0.2, 0) is 0 Å². The molecule has 94 valence electrons. The molecule has 2 N–H and O–H groups in total. The lowest BCUT2D eigenvalue weighted by atomic mass is 10.2. The van der Waals surface area contributed by atoms with Crippen LogP contribution in [0.1, 0.15) is 17.5 Å². The minimum absolute atomic E-state index is 0.209. The molecule has 18 heavy (non-hydrogen) atoms. The predicted octanol–water partition coefficient (Wildman–Crippen LogP) is 2.06. The normalized spacial score (nSPS) is 12.1. The minimum atomic E-state index is -0.572. The van der Waals surface area contributed by atoms with E-state index < -0.39 is 6.10 Å². The Bertz CT molecular complexity index is 517. The molecule has 0 saturated carbocycles. The van der Waals surface area contributed by atoms with Crippen LogP contribution in [0.15, 0.2) is 46.9 Å². The minimum Gasteiger partial charge on any atom is -0.451 e. The summed E-state index contributed by atoms with van der Waals surface area (Å²) in [6.07, 6.45) is -0.572. The van der Waals surface area contributed by atoms with Crippen LogP contribution in [0.5, 0.6) is 0 Å². The largest absolute Gasteiger partial charge is 0.451 e. The summed E-state index contributed by atoms with van der Waals surface area (Å²) in [6.45, 7) is 1.82. The SMILES string of the molecule is CC(O)CNC(=O)c1ccc(-c2ccccc2)o1. The molecule has 0 aliphatic carbocycles. The van der Waals surface area contributed by atoms with E-state index in [-0.39, 0.29) is 18.2 Å². The first-order valence-electron chi connectivity index (χ1n) is 5.78. The highest BCUT2D eigenvalue weighted by Gasteiger charge is 2.12. The first-order chi connectivity index (χ1) is 8.66. The van der Waals surface area contributed by atoms with Crippen LogP contribution < -0.4 is 5.32 Å². The number of nitrogens with one attached hydrogen (secondary N) is 1. The summed E-state index contributed by atoms with van der Waals surface area (Å²) in [6, 6.07) is 12.9. The van der Waals surface area contributed by atoms with Crippen LogP contribution in [0.2, 0.25) is 0 Å². The average Bonchev–Trinajstić information content (AvgIpc) is 2.86. The van der Waals surface area contributed by atoms with Crippen LogP contribution in [0.25, 0.3) is 11.3 Å². The van der Waals surface area contributed by atoms with Gasteiger partial charge in [-0.25, -0.2) is 0 Å². The monoisotopic (exact) mass is 245 g/mol. The Morgan fingerprint density at radius 3 is 2.67 bits per heavy atom. The molecule has 1 amide bonds. The lowest BCUT2D eigenvalue weighted by Crippen LogP contribution is -2.30. The molecule has 0 aliphatic rings. The summed E-state index contributed by atoms with van der Waals surface area (Å²) in [5, 5.41) is 11.7. The molecule has 0 spiro atoms. The Morgan fingerprint density at radius 2 is 2.00 bits per heavy atom. The maximum Gasteiger partial charge on any atom is 0.287 e. The van der Waals surface area contributed by atoms with Gasteiger partial charge in [0, 0.05) is 12.1 Å². The van der Waals surface area contributed by atoms with Gasteiger partial charge >= 0.3 is 0 Å². The summed E-state index contributed by atoms with van der Waals surface area (Å²) in [5.74, 6) is 0.574. The van der Waals surface area contributed by atoms with E-state index in [9.17, 15) is 4.79 Å². The Labute approximate surface area is 105 Å². The van der Waals surface area contributed by atoms with Crippen molar-refractivity contribution in [3.05, 3.63) is 48.2 Å². The van der Waals surface area contributed by atoms with Gasteiger partial charge in [0.25, 0.3) is 5.91 Å². The Morgan fingerprint density at radius 1 is 1.28 bits per heavy atom. The fourth-order valence-corrected chi connectivity index (χ4v) is 1.55. The zero-order chi connectivity index (χ0) is 13.0. The molecule has 2 rings (SSSR count). The quantitative estimate of drug-likeness (QED) is 0.866. The van der Waals surface area contributed by atoms with E-state index in [0.29, 0.717) is 5.76 Å². The number of furan rings is 1. The number of carbonyl (C=O) groups excluding carboxylic acids is 1. The molecule has 0 saturated heterocycles. The molecule has 1 atom stereocenters. The zero-order valence-corrected chi connectivity index (χ0v) is 10.1. The number of carbonyl (C=O) groups is 1. The molecule has 1 aromatic heterocycles. The van der Waals surface area contributed by atoms with Crippen LogP contribution >= 0.6 is 0 Å². The van der Waals surface area contributed by atoms with Gasteiger partial charge < -0.3 is 14.8 Å². The van der Waals surface area contributed by atoms with Crippen LogP contribution in [0.3, 0.4) is 0 Å². The second-order valence-corrected chi connectivity index (χ2v) is 4.09. The molecular weight excluding hydrogens is 230 g/mol. The number of benzene rings is 1. The smallest absolute Gasteiger partial charge is 0.287 e.